The van der Waals surface area contributed by atoms with Gasteiger partial charge in [-0.1, -0.05) is 51.1 Å². The minimum atomic E-state index is -0.289. The van der Waals surface area contributed by atoms with Gasteiger partial charge in [0.1, 0.15) is 11.5 Å². The average molecular weight is 449 g/mol. The van der Waals surface area contributed by atoms with Crippen molar-refractivity contribution in [2.75, 3.05) is 0 Å². The van der Waals surface area contributed by atoms with Crippen molar-refractivity contribution in [3.05, 3.63) is 58.2 Å². The minimum Gasteiger partial charge on any atom is -0.511 e. The van der Waals surface area contributed by atoms with Crippen LogP contribution in [-0.2, 0) is 17.6 Å². The summed E-state index contributed by atoms with van der Waals surface area (Å²) in [5.74, 6) is 0.674. The summed E-state index contributed by atoms with van der Waals surface area (Å²) in [6.07, 6.45) is 2.68. The standard InChI is InChI=1S/C27H32N2O4/c1-16-8-6-7-9-17(16)28-18(24-20(30)12-26(2,3)13-21(24)31)10-11-19-25-22(32)14-27(4,5)15-23(25)33-29-19/h6-9,30H,10-15H2,1-5H3. The SMILES string of the molecule is Cc1ccccc1N=C(CCc1noc2c1C(=O)CC(C)(C)C2)C1=C(O)CC(C)(C)CC1=O. The first-order chi connectivity index (χ1) is 15.5. The molecule has 0 atom stereocenters. The van der Waals surface area contributed by atoms with Crippen LogP contribution in [0.2, 0.25) is 0 Å². The maximum absolute atomic E-state index is 13.1. The predicted octanol–water partition coefficient (Wildman–Crippen LogP) is 6.04. The van der Waals surface area contributed by atoms with Crippen LogP contribution in [0.5, 0.6) is 0 Å². The molecule has 1 N–H and O–H groups in total. The summed E-state index contributed by atoms with van der Waals surface area (Å²) in [6, 6.07) is 7.70. The van der Waals surface area contributed by atoms with Crippen LogP contribution in [-0.4, -0.2) is 27.5 Å². The normalized spacial score (nSPS) is 20.2. The molecule has 1 aromatic heterocycles. The summed E-state index contributed by atoms with van der Waals surface area (Å²) in [6.45, 7) is 10.0. The third kappa shape index (κ3) is 4.85. The number of carbonyl (C=O) groups excluding carboxylic acids is 2. The van der Waals surface area contributed by atoms with E-state index in [1.807, 2.05) is 45.0 Å². The van der Waals surface area contributed by atoms with Gasteiger partial charge in [-0.05, 0) is 42.2 Å². The van der Waals surface area contributed by atoms with Crippen molar-refractivity contribution in [1.29, 1.82) is 0 Å². The first kappa shape index (κ1) is 23.1. The van der Waals surface area contributed by atoms with Gasteiger partial charge in [0.2, 0.25) is 0 Å². The van der Waals surface area contributed by atoms with Crippen molar-refractivity contribution in [2.45, 2.75) is 73.1 Å². The zero-order valence-corrected chi connectivity index (χ0v) is 20.1. The van der Waals surface area contributed by atoms with E-state index in [2.05, 4.69) is 19.0 Å². The number of aryl methyl sites for hydroxylation is 2. The molecule has 6 heteroatoms. The number of carbonyl (C=O) groups is 2. The van der Waals surface area contributed by atoms with Gasteiger partial charge < -0.3 is 9.63 Å². The number of benzene rings is 1. The van der Waals surface area contributed by atoms with E-state index in [4.69, 9.17) is 9.52 Å². The highest BCUT2D eigenvalue weighted by molar-refractivity contribution is 6.24. The number of para-hydroxylation sites is 1. The molecule has 33 heavy (non-hydrogen) atoms. The number of fused-ring (bicyclic) bond motifs is 1. The molecular weight excluding hydrogens is 416 g/mol. The van der Waals surface area contributed by atoms with Gasteiger partial charge in [-0.2, -0.15) is 0 Å². The number of aliphatic imine (C=N–C) groups is 1. The van der Waals surface area contributed by atoms with Crippen molar-refractivity contribution in [1.82, 2.24) is 5.16 Å². The lowest BCUT2D eigenvalue weighted by molar-refractivity contribution is -0.118. The van der Waals surface area contributed by atoms with Crippen molar-refractivity contribution in [2.24, 2.45) is 15.8 Å². The van der Waals surface area contributed by atoms with Crippen LogP contribution < -0.4 is 0 Å². The molecule has 1 heterocycles. The van der Waals surface area contributed by atoms with Crippen LogP contribution >= 0.6 is 0 Å². The van der Waals surface area contributed by atoms with Crippen molar-refractivity contribution < 1.29 is 19.2 Å². The van der Waals surface area contributed by atoms with Crippen LogP contribution in [0, 0.1) is 17.8 Å². The molecule has 6 nitrogen and oxygen atoms in total. The van der Waals surface area contributed by atoms with Crippen LogP contribution in [0.25, 0.3) is 0 Å². The highest BCUT2D eigenvalue weighted by Gasteiger charge is 2.37. The predicted molar refractivity (Wildman–Crippen MR) is 127 cm³/mol. The van der Waals surface area contributed by atoms with Gasteiger partial charge in [0.15, 0.2) is 11.6 Å². The average Bonchev–Trinajstić information content (AvgIpc) is 3.07. The first-order valence-corrected chi connectivity index (χ1v) is 11.6. The van der Waals surface area contributed by atoms with Crippen molar-refractivity contribution >= 4 is 23.0 Å². The molecule has 0 amide bonds. The highest BCUT2D eigenvalue weighted by atomic mass is 16.5. The fourth-order valence-corrected chi connectivity index (χ4v) is 4.91. The number of hydrogen-bond acceptors (Lipinski definition) is 6. The van der Waals surface area contributed by atoms with Gasteiger partial charge in [0.05, 0.1) is 28.2 Å². The van der Waals surface area contributed by atoms with Gasteiger partial charge >= 0.3 is 0 Å². The van der Waals surface area contributed by atoms with Crippen LogP contribution in [0.3, 0.4) is 0 Å². The molecule has 0 aliphatic heterocycles. The number of aliphatic hydroxyl groups excluding tert-OH is 1. The van der Waals surface area contributed by atoms with E-state index < -0.39 is 0 Å². The van der Waals surface area contributed by atoms with E-state index in [9.17, 15) is 14.7 Å². The summed E-state index contributed by atoms with van der Waals surface area (Å²) in [5.41, 5.74) is 3.33. The largest absolute Gasteiger partial charge is 0.511 e. The lowest BCUT2D eigenvalue weighted by atomic mass is 9.74. The molecule has 0 radical (unpaired) electrons. The summed E-state index contributed by atoms with van der Waals surface area (Å²) in [4.78, 5) is 30.7. The Balaban J connectivity index is 1.70. The fraction of sp³-hybridized carbons (Fsp3) is 0.481. The molecule has 2 aromatic rings. The Hall–Kier alpha value is -3.02. The Morgan fingerprint density at radius 1 is 1.03 bits per heavy atom. The summed E-state index contributed by atoms with van der Waals surface area (Å²) >= 11 is 0. The number of allylic oxidation sites excluding steroid dienone is 2. The number of aliphatic hydroxyl groups is 1. The van der Waals surface area contributed by atoms with E-state index in [1.54, 1.807) is 0 Å². The Labute approximate surface area is 194 Å². The third-order valence-electron chi connectivity index (χ3n) is 6.50. The third-order valence-corrected chi connectivity index (χ3v) is 6.50. The van der Waals surface area contributed by atoms with Gasteiger partial charge in [0, 0.05) is 25.7 Å². The number of rotatable bonds is 5. The van der Waals surface area contributed by atoms with Gasteiger partial charge in [-0.15, -0.1) is 0 Å². The molecule has 0 spiro atoms. The first-order valence-electron chi connectivity index (χ1n) is 11.6. The van der Waals surface area contributed by atoms with Gasteiger partial charge in [-0.3, -0.25) is 14.6 Å². The number of aromatic nitrogens is 1. The molecule has 1 aromatic carbocycles. The number of nitrogens with zero attached hydrogens (tertiary/aromatic N) is 2. The van der Waals surface area contributed by atoms with E-state index in [0.29, 0.717) is 66.8 Å². The molecule has 0 bridgehead atoms. The summed E-state index contributed by atoms with van der Waals surface area (Å²) < 4.78 is 5.54. The number of Topliss-reactive ketones (excluding diaryl/α,β-unsaturated/α-hetero) is 2. The number of hydrogen-bond donors (Lipinski definition) is 1. The van der Waals surface area contributed by atoms with Gasteiger partial charge in [0.25, 0.3) is 0 Å². The molecule has 2 aliphatic carbocycles. The fourth-order valence-electron chi connectivity index (χ4n) is 4.91. The lowest BCUT2D eigenvalue weighted by Gasteiger charge is -2.30. The van der Waals surface area contributed by atoms with Crippen LogP contribution in [0.15, 0.2) is 45.1 Å². The quantitative estimate of drug-likeness (QED) is 0.563. The molecule has 0 saturated heterocycles. The lowest BCUT2D eigenvalue weighted by Crippen LogP contribution is -2.29. The Morgan fingerprint density at radius 3 is 2.39 bits per heavy atom. The molecular formula is C27H32N2O4. The zero-order valence-electron chi connectivity index (χ0n) is 20.1. The van der Waals surface area contributed by atoms with Crippen LogP contribution in [0.4, 0.5) is 5.69 Å². The second kappa shape index (κ2) is 8.40. The Bertz CT molecular complexity index is 1180. The Kier molecular flexibility index (Phi) is 5.89. The molecule has 0 fully saturated rings. The van der Waals surface area contributed by atoms with E-state index >= 15 is 0 Å². The molecule has 0 unspecified atom stereocenters. The van der Waals surface area contributed by atoms with E-state index in [0.717, 1.165) is 11.3 Å². The molecule has 0 saturated carbocycles. The minimum absolute atomic E-state index is 0.0486. The smallest absolute Gasteiger partial charge is 0.168 e. The summed E-state index contributed by atoms with van der Waals surface area (Å²) in [7, 11) is 0. The Morgan fingerprint density at radius 2 is 1.70 bits per heavy atom. The highest BCUT2D eigenvalue weighted by Crippen LogP contribution is 2.38. The zero-order chi connectivity index (χ0) is 24.0. The van der Waals surface area contributed by atoms with Crippen molar-refractivity contribution in [3.63, 3.8) is 0 Å². The molecule has 4 rings (SSSR count). The molecule has 2 aliphatic rings. The van der Waals surface area contributed by atoms with E-state index in [-0.39, 0.29) is 28.2 Å². The van der Waals surface area contributed by atoms with Crippen molar-refractivity contribution in [3.8, 4) is 0 Å². The monoisotopic (exact) mass is 448 g/mol. The second-order valence-corrected chi connectivity index (χ2v) is 11.0. The summed E-state index contributed by atoms with van der Waals surface area (Å²) in [5, 5.41) is 15.0. The maximum atomic E-state index is 13.1. The maximum Gasteiger partial charge on any atom is 0.168 e. The second-order valence-electron chi connectivity index (χ2n) is 11.0. The van der Waals surface area contributed by atoms with Gasteiger partial charge in [-0.25, -0.2) is 0 Å². The van der Waals surface area contributed by atoms with Crippen LogP contribution in [0.1, 0.15) is 80.8 Å². The number of ketones is 2. The molecule has 174 valence electrons. The topological polar surface area (TPSA) is 92.8 Å². The van der Waals surface area contributed by atoms with E-state index in [1.165, 1.54) is 0 Å².